The Kier molecular flexibility index (Phi) is 5.24. The van der Waals surface area contributed by atoms with E-state index in [-0.39, 0.29) is 5.91 Å². The number of aryl methyl sites for hydroxylation is 1. The predicted molar refractivity (Wildman–Crippen MR) is 115 cm³/mol. The van der Waals surface area contributed by atoms with Crippen LogP contribution in [0, 0.1) is 12.8 Å². The van der Waals surface area contributed by atoms with Gasteiger partial charge in [0.25, 0.3) is 5.91 Å². The highest BCUT2D eigenvalue weighted by Gasteiger charge is 2.27. The molecule has 0 aliphatic carbocycles. The molecule has 0 saturated carbocycles. The number of nitrogens with zero attached hydrogens (tertiary/aromatic N) is 2. The van der Waals surface area contributed by atoms with Gasteiger partial charge in [-0.15, -0.1) is 0 Å². The molecule has 1 saturated heterocycles. The molecule has 150 valence electrons. The molecule has 4 rings (SSSR count). The van der Waals surface area contributed by atoms with Crippen LogP contribution in [0.1, 0.15) is 22.3 Å². The van der Waals surface area contributed by atoms with Crippen molar-refractivity contribution in [1.82, 2.24) is 9.80 Å². The number of rotatable bonds is 4. The number of benzene rings is 2. The van der Waals surface area contributed by atoms with E-state index >= 15 is 0 Å². The van der Waals surface area contributed by atoms with Crippen molar-refractivity contribution >= 4 is 16.9 Å². The van der Waals surface area contributed by atoms with Crippen LogP contribution in [0.3, 0.4) is 0 Å². The van der Waals surface area contributed by atoms with Gasteiger partial charge in [-0.3, -0.25) is 4.79 Å². The molecule has 0 N–H and O–H groups in total. The summed E-state index contributed by atoms with van der Waals surface area (Å²) in [4.78, 5) is 29.3. The summed E-state index contributed by atoms with van der Waals surface area (Å²) in [6.45, 7) is 4.53. The van der Waals surface area contributed by atoms with Crippen LogP contribution in [0.25, 0.3) is 22.1 Å². The Hall–Kier alpha value is -2.92. The van der Waals surface area contributed by atoms with Crippen molar-refractivity contribution in [2.45, 2.75) is 13.3 Å². The third-order valence-corrected chi connectivity index (χ3v) is 5.62. The minimum absolute atomic E-state index is 0.00269. The molecule has 5 heteroatoms. The number of hydrogen-bond acceptors (Lipinski definition) is 4. The van der Waals surface area contributed by atoms with Crippen molar-refractivity contribution in [3.63, 3.8) is 0 Å². The van der Waals surface area contributed by atoms with E-state index in [0.717, 1.165) is 48.1 Å². The van der Waals surface area contributed by atoms with Gasteiger partial charge in [0, 0.05) is 42.2 Å². The Morgan fingerprint density at radius 1 is 1.14 bits per heavy atom. The normalized spacial score (nSPS) is 16.7. The molecule has 1 aliphatic rings. The molecule has 2 aromatic carbocycles. The molecule has 1 fully saturated rings. The van der Waals surface area contributed by atoms with Crippen molar-refractivity contribution < 1.29 is 9.21 Å². The van der Waals surface area contributed by atoms with Gasteiger partial charge in [0.1, 0.15) is 5.58 Å². The third-order valence-electron chi connectivity index (χ3n) is 5.62. The minimum atomic E-state index is -0.410. The maximum atomic E-state index is 13.0. The average molecular weight is 390 g/mol. The quantitative estimate of drug-likeness (QED) is 0.636. The van der Waals surface area contributed by atoms with Crippen molar-refractivity contribution in [2.24, 2.45) is 5.92 Å². The molecule has 0 spiro atoms. The fourth-order valence-electron chi connectivity index (χ4n) is 4.26. The lowest BCUT2D eigenvalue weighted by Crippen LogP contribution is -2.30. The summed E-state index contributed by atoms with van der Waals surface area (Å²) in [5.41, 5.74) is 3.52. The van der Waals surface area contributed by atoms with Crippen LogP contribution >= 0.6 is 0 Å². The number of fused-ring (bicyclic) bond motifs is 1. The lowest BCUT2D eigenvalue weighted by Gasteiger charge is -2.19. The Morgan fingerprint density at radius 3 is 2.69 bits per heavy atom. The van der Waals surface area contributed by atoms with E-state index in [1.807, 2.05) is 48.2 Å². The van der Waals surface area contributed by atoms with Gasteiger partial charge in [0.2, 0.25) is 0 Å². The highest BCUT2D eigenvalue weighted by molar-refractivity contribution is 6.01. The number of hydrogen-bond donors (Lipinski definition) is 0. The van der Waals surface area contributed by atoms with Gasteiger partial charge < -0.3 is 14.2 Å². The van der Waals surface area contributed by atoms with E-state index in [1.165, 1.54) is 6.07 Å². The molecule has 1 aliphatic heterocycles. The Balaban J connectivity index is 1.68. The fraction of sp³-hybridized carbons (Fsp3) is 0.333. The maximum absolute atomic E-state index is 13.0. The lowest BCUT2D eigenvalue weighted by atomic mass is 9.97. The van der Waals surface area contributed by atoms with E-state index in [1.54, 1.807) is 6.07 Å². The van der Waals surface area contributed by atoms with E-state index in [0.29, 0.717) is 17.1 Å². The summed E-state index contributed by atoms with van der Waals surface area (Å²) in [6, 6.07) is 14.9. The maximum Gasteiger partial charge on any atom is 0.336 e. The number of carbonyl (C=O) groups excluding carboxylic acids is 1. The molecular weight excluding hydrogens is 364 g/mol. The largest absolute Gasteiger partial charge is 0.423 e. The molecule has 1 unspecified atom stereocenters. The Bertz CT molecular complexity index is 1120. The predicted octanol–water partition coefficient (Wildman–Crippen LogP) is 3.79. The van der Waals surface area contributed by atoms with Crippen LogP contribution in [0.4, 0.5) is 0 Å². The summed E-state index contributed by atoms with van der Waals surface area (Å²) < 4.78 is 5.46. The topological polar surface area (TPSA) is 53.8 Å². The molecule has 2 heterocycles. The van der Waals surface area contributed by atoms with E-state index in [2.05, 4.69) is 19.0 Å². The van der Waals surface area contributed by atoms with Crippen molar-refractivity contribution in [2.75, 3.05) is 33.7 Å². The number of likely N-dealkylation sites (tertiary alicyclic amines) is 1. The number of carbonyl (C=O) groups is 1. The Morgan fingerprint density at radius 2 is 1.93 bits per heavy atom. The summed E-state index contributed by atoms with van der Waals surface area (Å²) >= 11 is 0. The molecule has 0 bridgehead atoms. The van der Waals surface area contributed by atoms with E-state index in [4.69, 9.17) is 4.42 Å². The second kappa shape index (κ2) is 7.84. The van der Waals surface area contributed by atoms with Gasteiger partial charge >= 0.3 is 5.63 Å². The first kappa shape index (κ1) is 19.4. The van der Waals surface area contributed by atoms with Gasteiger partial charge in [-0.25, -0.2) is 4.79 Å². The summed E-state index contributed by atoms with van der Waals surface area (Å²) in [7, 11) is 4.11. The highest BCUT2D eigenvalue weighted by Crippen LogP contribution is 2.30. The SMILES string of the molecule is Cc1ccccc1-c1cc(=O)oc2cc(C(=O)N3CCC(CN(C)C)C3)ccc12. The van der Waals surface area contributed by atoms with Crippen molar-refractivity contribution in [3.8, 4) is 11.1 Å². The Labute approximate surface area is 170 Å². The lowest BCUT2D eigenvalue weighted by molar-refractivity contribution is 0.0785. The van der Waals surface area contributed by atoms with Gasteiger partial charge in [-0.1, -0.05) is 24.3 Å². The van der Waals surface area contributed by atoms with Gasteiger partial charge in [0.05, 0.1) is 0 Å². The van der Waals surface area contributed by atoms with Crippen molar-refractivity contribution in [3.05, 3.63) is 70.1 Å². The monoisotopic (exact) mass is 390 g/mol. The zero-order chi connectivity index (χ0) is 20.5. The second-order valence-corrected chi connectivity index (χ2v) is 8.17. The van der Waals surface area contributed by atoms with Gasteiger partial charge in [0.15, 0.2) is 0 Å². The second-order valence-electron chi connectivity index (χ2n) is 8.17. The zero-order valence-electron chi connectivity index (χ0n) is 17.1. The zero-order valence-corrected chi connectivity index (χ0v) is 17.1. The molecule has 0 radical (unpaired) electrons. The highest BCUT2D eigenvalue weighted by atomic mass is 16.4. The van der Waals surface area contributed by atoms with Crippen LogP contribution in [0.5, 0.6) is 0 Å². The van der Waals surface area contributed by atoms with Gasteiger partial charge in [-0.2, -0.15) is 0 Å². The number of amides is 1. The average Bonchev–Trinajstić information content (AvgIpc) is 3.14. The first-order valence-electron chi connectivity index (χ1n) is 10.0. The molecule has 1 amide bonds. The van der Waals surface area contributed by atoms with Crippen LogP contribution in [0.15, 0.2) is 57.7 Å². The molecule has 5 nitrogen and oxygen atoms in total. The van der Waals surface area contributed by atoms with Crippen molar-refractivity contribution in [1.29, 1.82) is 0 Å². The first-order chi connectivity index (χ1) is 13.9. The van der Waals surface area contributed by atoms with E-state index in [9.17, 15) is 9.59 Å². The van der Waals surface area contributed by atoms with Gasteiger partial charge in [-0.05, 0) is 62.7 Å². The summed E-state index contributed by atoms with van der Waals surface area (Å²) in [5.74, 6) is 0.497. The first-order valence-corrected chi connectivity index (χ1v) is 10.0. The minimum Gasteiger partial charge on any atom is -0.423 e. The molecular formula is C24H26N2O3. The van der Waals surface area contributed by atoms with Crippen LogP contribution in [-0.2, 0) is 0 Å². The van der Waals surface area contributed by atoms with Crippen LogP contribution in [0.2, 0.25) is 0 Å². The third kappa shape index (κ3) is 3.96. The molecule has 1 atom stereocenters. The summed E-state index contributed by atoms with van der Waals surface area (Å²) in [5, 5.41) is 0.836. The molecule has 1 aromatic heterocycles. The molecule has 29 heavy (non-hydrogen) atoms. The fourth-order valence-corrected chi connectivity index (χ4v) is 4.26. The van der Waals surface area contributed by atoms with Crippen LogP contribution < -0.4 is 5.63 Å². The van der Waals surface area contributed by atoms with E-state index < -0.39 is 5.63 Å². The summed E-state index contributed by atoms with van der Waals surface area (Å²) in [6.07, 6.45) is 1.02. The standard InChI is InChI=1S/C24H26N2O3/c1-16-6-4-5-7-19(16)21-13-23(27)29-22-12-18(8-9-20(21)22)24(28)26-11-10-17(15-26)14-25(2)3/h4-9,12-13,17H,10-11,14-15H2,1-3H3. The molecule has 3 aromatic rings. The smallest absolute Gasteiger partial charge is 0.336 e. The van der Waals surface area contributed by atoms with Crippen LogP contribution in [-0.4, -0.2) is 49.4 Å².